The van der Waals surface area contributed by atoms with E-state index in [-0.39, 0.29) is 0 Å². The Kier molecular flexibility index (Phi) is 7.15. The van der Waals surface area contributed by atoms with Crippen molar-refractivity contribution < 1.29 is 10.0 Å². The van der Waals surface area contributed by atoms with Crippen LogP contribution in [0.1, 0.15) is 57.9 Å². The van der Waals surface area contributed by atoms with Gasteiger partial charge in [0.2, 0.25) is 0 Å². The van der Waals surface area contributed by atoms with Crippen molar-refractivity contribution >= 4 is 0 Å². The maximum absolute atomic E-state index is 11.5. The van der Waals surface area contributed by atoms with Crippen LogP contribution in [-0.2, 0) is 5.60 Å². The van der Waals surface area contributed by atoms with Crippen LogP contribution in [0.4, 0.5) is 0 Å². The van der Waals surface area contributed by atoms with Gasteiger partial charge in [0, 0.05) is 6.42 Å². The van der Waals surface area contributed by atoms with Crippen LogP contribution in [-0.4, -0.2) is 24.7 Å². The lowest BCUT2D eigenvalue weighted by atomic mass is 9.72. The second-order valence-corrected chi connectivity index (χ2v) is 6.79. The molecule has 2 N–H and O–H groups in total. The number of hydrogen-bond donors (Lipinski definition) is 2. The Bertz CT molecular complexity index is 506. The second-order valence-electron chi connectivity index (χ2n) is 6.79. The molecule has 2 heteroatoms. The average molecular weight is 314 g/mol. The normalized spacial score (nSPS) is 18.3. The molecular weight excluding hydrogens is 282 g/mol. The summed E-state index contributed by atoms with van der Waals surface area (Å²) in [7, 11) is 0. The first-order valence-electron chi connectivity index (χ1n) is 9.27. The van der Waals surface area contributed by atoms with Crippen LogP contribution in [0.5, 0.6) is 0 Å². The van der Waals surface area contributed by atoms with Gasteiger partial charge in [-0.3, -0.25) is 0 Å². The predicted molar refractivity (Wildman–Crippen MR) is 96.2 cm³/mol. The van der Waals surface area contributed by atoms with Crippen LogP contribution in [0.25, 0.3) is 0 Å². The number of aliphatic hydroxyl groups is 1. The van der Waals surface area contributed by atoms with E-state index in [1.807, 2.05) is 18.2 Å². The topological polar surface area (TPSA) is 24.7 Å². The highest BCUT2D eigenvalue weighted by molar-refractivity contribution is 5.26. The lowest BCUT2D eigenvalue weighted by molar-refractivity contribution is -0.889. The molecule has 0 unspecified atom stereocenters. The lowest BCUT2D eigenvalue weighted by Crippen LogP contribution is -3.11. The van der Waals surface area contributed by atoms with Gasteiger partial charge in [-0.1, -0.05) is 55.5 Å². The third kappa shape index (κ3) is 4.83. The summed E-state index contributed by atoms with van der Waals surface area (Å²) in [4.78, 5) is 1.50. The summed E-state index contributed by atoms with van der Waals surface area (Å²) in [5.74, 6) is 6.95. The lowest BCUT2D eigenvalue weighted by Gasteiger charge is -2.38. The van der Waals surface area contributed by atoms with E-state index in [1.165, 1.54) is 24.2 Å². The Morgan fingerprint density at radius 3 is 2.30 bits per heavy atom. The molecule has 1 saturated carbocycles. The number of nitrogens with one attached hydrogen (secondary N) is 1. The molecule has 1 aliphatic rings. The molecule has 1 fully saturated rings. The van der Waals surface area contributed by atoms with Crippen molar-refractivity contribution in [2.45, 2.75) is 58.0 Å². The maximum Gasteiger partial charge on any atom is 0.139 e. The van der Waals surface area contributed by atoms with Gasteiger partial charge in [0.25, 0.3) is 0 Å². The fourth-order valence-electron chi connectivity index (χ4n) is 3.67. The van der Waals surface area contributed by atoms with Gasteiger partial charge in [0.1, 0.15) is 12.1 Å². The monoisotopic (exact) mass is 314 g/mol. The third-order valence-corrected chi connectivity index (χ3v) is 5.38. The summed E-state index contributed by atoms with van der Waals surface area (Å²) in [6, 6.07) is 10.2. The Morgan fingerprint density at radius 2 is 1.70 bits per heavy atom. The van der Waals surface area contributed by atoms with Gasteiger partial charge in [0.05, 0.1) is 13.1 Å². The van der Waals surface area contributed by atoms with Crippen LogP contribution >= 0.6 is 0 Å². The smallest absolute Gasteiger partial charge is 0.139 e. The average Bonchev–Trinajstić information content (AvgIpc) is 2.63. The zero-order valence-electron chi connectivity index (χ0n) is 14.8. The molecule has 23 heavy (non-hydrogen) atoms. The van der Waals surface area contributed by atoms with Crippen molar-refractivity contribution in [1.82, 2.24) is 0 Å². The summed E-state index contributed by atoms with van der Waals surface area (Å²) in [6.07, 6.45) is 6.57. The molecular formula is C21H32NO+. The summed E-state index contributed by atoms with van der Waals surface area (Å²) < 4.78 is 0. The molecule has 2 rings (SSSR count). The van der Waals surface area contributed by atoms with E-state index in [1.54, 1.807) is 0 Å². The minimum atomic E-state index is -0.784. The molecule has 0 spiro atoms. The van der Waals surface area contributed by atoms with Crippen LogP contribution in [0.15, 0.2) is 30.3 Å². The highest BCUT2D eigenvalue weighted by Gasteiger charge is 2.38. The van der Waals surface area contributed by atoms with Gasteiger partial charge < -0.3 is 10.0 Å². The SMILES string of the molecule is CC[NH+](CC)CC#CC[C@@](O)(c1ccccc1)C1CCCCC1. The Labute approximate surface area is 141 Å². The van der Waals surface area contributed by atoms with Gasteiger partial charge in [-0.25, -0.2) is 0 Å². The standard InChI is InChI=1S/C21H31NO/c1-3-22(4-2)18-12-11-17-21(23,19-13-7-5-8-14-19)20-15-9-6-10-16-20/h5,7-8,13-14,20,23H,3-4,6,9-10,15-18H2,1-2H3/p+1/t21-/m1/s1. The molecule has 0 aliphatic heterocycles. The summed E-state index contributed by atoms with van der Waals surface area (Å²) in [5.41, 5.74) is 0.254. The first-order valence-corrected chi connectivity index (χ1v) is 9.27. The summed E-state index contributed by atoms with van der Waals surface area (Å²) in [5, 5.41) is 11.5. The fourth-order valence-corrected chi connectivity index (χ4v) is 3.67. The van der Waals surface area contributed by atoms with E-state index in [2.05, 4.69) is 37.8 Å². The van der Waals surface area contributed by atoms with Crippen molar-refractivity contribution in [2.75, 3.05) is 19.6 Å². The van der Waals surface area contributed by atoms with Gasteiger partial charge in [-0.05, 0) is 44.1 Å². The van der Waals surface area contributed by atoms with Crippen molar-refractivity contribution in [3.05, 3.63) is 35.9 Å². The van der Waals surface area contributed by atoms with E-state index >= 15 is 0 Å². The quantitative estimate of drug-likeness (QED) is 0.776. The molecule has 0 aromatic heterocycles. The zero-order chi connectivity index (χ0) is 16.5. The number of hydrogen-bond acceptors (Lipinski definition) is 1. The Morgan fingerprint density at radius 1 is 1.04 bits per heavy atom. The van der Waals surface area contributed by atoms with Crippen molar-refractivity contribution in [2.24, 2.45) is 5.92 Å². The molecule has 1 aliphatic carbocycles. The number of benzene rings is 1. The predicted octanol–water partition coefficient (Wildman–Crippen LogP) is 2.77. The molecule has 1 atom stereocenters. The Hall–Kier alpha value is -1.30. The van der Waals surface area contributed by atoms with Crippen LogP contribution in [0.3, 0.4) is 0 Å². The highest BCUT2D eigenvalue weighted by atomic mass is 16.3. The van der Waals surface area contributed by atoms with E-state index in [9.17, 15) is 5.11 Å². The second kappa shape index (κ2) is 9.11. The minimum absolute atomic E-state index is 0.341. The maximum atomic E-state index is 11.5. The fraction of sp³-hybridized carbons (Fsp3) is 0.619. The molecule has 1 aromatic carbocycles. The molecule has 0 bridgehead atoms. The first-order chi connectivity index (χ1) is 11.2. The van der Waals surface area contributed by atoms with Crippen molar-refractivity contribution in [1.29, 1.82) is 0 Å². The highest BCUT2D eigenvalue weighted by Crippen LogP contribution is 2.41. The minimum Gasteiger partial charge on any atom is -0.384 e. The molecule has 126 valence electrons. The largest absolute Gasteiger partial charge is 0.384 e. The van der Waals surface area contributed by atoms with E-state index in [0.29, 0.717) is 12.3 Å². The summed E-state index contributed by atoms with van der Waals surface area (Å²) >= 11 is 0. The first kappa shape index (κ1) is 18.0. The number of quaternary nitrogens is 1. The van der Waals surface area contributed by atoms with Gasteiger partial charge in [-0.15, -0.1) is 0 Å². The van der Waals surface area contributed by atoms with Crippen molar-refractivity contribution in [3.63, 3.8) is 0 Å². The van der Waals surface area contributed by atoms with Crippen LogP contribution < -0.4 is 4.90 Å². The van der Waals surface area contributed by atoms with Gasteiger partial charge >= 0.3 is 0 Å². The molecule has 2 nitrogen and oxygen atoms in total. The summed E-state index contributed by atoms with van der Waals surface area (Å²) in [6.45, 7) is 7.49. The van der Waals surface area contributed by atoms with Crippen LogP contribution in [0, 0.1) is 17.8 Å². The van der Waals surface area contributed by atoms with Crippen LogP contribution in [0.2, 0.25) is 0 Å². The van der Waals surface area contributed by atoms with E-state index in [4.69, 9.17) is 0 Å². The molecule has 0 heterocycles. The molecule has 1 aromatic rings. The molecule has 0 saturated heterocycles. The molecule has 0 radical (unpaired) electrons. The van der Waals surface area contributed by atoms with Gasteiger partial charge in [0.15, 0.2) is 0 Å². The van der Waals surface area contributed by atoms with Crippen molar-refractivity contribution in [3.8, 4) is 11.8 Å². The number of rotatable bonds is 6. The zero-order valence-corrected chi connectivity index (χ0v) is 14.8. The van der Waals surface area contributed by atoms with E-state index in [0.717, 1.165) is 38.0 Å². The molecule has 0 amide bonds. The third-order valence-electron chi connectivity index (χ3n) is 5.38. The Balaban J connectivity index is 2.12. The van der Waals surface area contributed by atoms with Gasteiger partial charge in [-0.2, -0.15) is 0 Å². The van der Waals surface area contributed by atoms with E-state index < -0.39 is 5.60 Å².